The van der Waals surface area contributed by atoms with Crippen LogP contribution in [-0.4, -0.2) is 37.9 Å². The molecule has 0 amide bonds. The summed E-state index contributed by atoms with van der Waals surface area (Å²) in [4.78, 5) is 0. The molecule has 0 radical (unpaired) electrons. The highest BCUT2D eigenvalue weighted by Crippen LogP contribution is 2.44. The predicted molar refractivity (Wildman–Crippen MR) is 102 cm³/mol. The van der Waals surface area contributed by atoms with E-state index in [-0.39, 0.29) is 12.4 Å². The lowest BCUT2D eigenvalue weighted by Gasteiger charge is -2.32. The van der Waals surface area contributed by atoms with Crippen molar-refractivity contribution in [3.8, 4) is 0 Å². The summed E-state index contributed by atoms with van der Waals surface area (Å²) in [5.41, 5.74) is 0.366. The Hall–Kier alpha value is -1.25. The lowest BCUT2D eigenvalue weighted by atomic mass is 10.2. The van der Waals surface area contributed by atoms with Crippen molar-refractivity contribution in [2.24, 2.45) is 0 Å². The molecule has 2 aromatic carbocycles. The van der Waals surface area contributed by atoms with Crippen LogP contribution in [0, 0.1) is 0 Å². The molecule has 132 valence electrons. The largest absolute Gasteiger partial charge is 0.378 e. The van der Waals surface area contributed by atoms with Gasteiger partial charge in [-0.3, -0.25) is 0 Å². The van der Waals surface area contributed by atoms with Crippen LogP contribution in [0.1, 0.15) is 19.3 Å². The molecule has 25 heavy (non-hydrogen) atoms. The molecular weight excluding hydrogens is 331 g/mol. The highest BCUT2D eigenvalue weighted by atomic mass is 31.1. The average Bonchev–Trinajstić information content (AvgIpc) is 3.12. The smallest absolute Gasteiger partial charge is 0.158 e. The summed E-state index contributed by atoms with van der Waals surface area (Å²) < 4.78 is 18.0. The van der Waals surface area contributed by atoms with Crippen LogP contribution in [0.25, 0.3) is 0 Å². The van der Waals surface area contributed by atoms with Gasteiger partial charge in [-0.15, -0.1) is 0 Å². The van der Waals surface area contributed by atoms with Crippen molar-refractivity contribution in [3.05, 3.63) is 60.7 Å². The van der Waals surface area contributed by atoms with E-state index < -0.39 is 7.92 Å². The molecular formula is C21H25O3P. The maximum atomic E-state index is 6.36. The molecule has 3 atom stereocenters. The summed E-state index contributed by atoms with van der Waals surface area (Å²) in [5, 5.41) is 2.77. The topological polar surface area (TPSA) is 27.7 Å². The van der Waals surface area contributed by atoms with Crippen molar-refractivity contribution in [2.75, 3.05) is 19.8 Å². The van der Waals surface area contributed by atoms with Crippen molar-refractivity contribution in [2.45, 2.75) is 37.3 Å². The second-order valence-electron chi connectivity index (χ2n) is 6.62. The zero-order valence-electron chi connectivity index (χ0n) is 14.4. The van der Waals surface area contributed by atoms with E-state index in [4.69, 9.17) is 14.2 Å². The molecule has 0 saturated carbocycles. The summed E-state index contributed by atoms with van der Waals surface area (Å²) in [6, 6.07) is 21.6. The maximum absolute atomic E-state index is 6.36. The van der Waals surface area contributed by atoms with Gasteiger partial charge in [-0.25, -0.2) is 0 Å². The minimum absolute atomic E-state index is 0.0636. The van der Waals surface area contributed by atoms with Gasteiger partial charge in [0.05, 0.1) is 19.3 Å². The molecule has 3 nitrogen and oxygen atoms in total. The van der Waals surface area contributed by atoms with Gasteiger partial charge in [0.25, 0.3) is 0 Å². The third kappa shape index (κ3) is 4.12. The third-order valence-corrected chi connectivity index (χ3v) is 7.72. The quantitative estimate of drug-likeness (QED) is 0.769. The minimum atomic E-state index is -0.524. The van der Waals surface area contributed by atoms with Gasteiger partial charge in [0.15, 0.2) is 6.29 Å². The number of rotatable bonds is 5. The summed E-state index contributed by atoms with van der Waals surface area (Å²) in [7, 11) is -0.524. The van der Waals surface area contributed by atoms with E-state index in [2.05, 4.69) is 60.7 Å². The van der Waals surface area contributed by atoms with Crippen LogP contribution in [0.3, 0.4) is 0 Å². The van der Waals surface area contributed by atoms with Crippen LogP contribution in [0.5, 0.6) is 0 Å². The first-order valence-electron chi connectivity index (χ1n) is 9.16. The first-order chi connectivity index (χ1) is 12.4. The van der Waals surface area contributed by atoms with Crippen molar-refractivity contribution in [1.29, 1.82) is 0 Å². The van der Waals surface area contributed by atoms with Crippen molar-refractivity contribution < 1.29 is 14.2 Å². The standard InChI is InChI=1S/C21H25O3P/c1-3-9-17(10-4-1)25(18-11-5-2-6-12-18)20-16-22-15-19(20)24-21-13-7-8-14-23-21/h1-6,9-12,19-21H,7-8,13-16H2/t19-,20-,21?/m1/s1. The van der Waals surface area contributed by atoms with Crippen LogP contribution >= 0.6 is 7.92 Å². The van der Waals surface area contributed by atoms with Crippen LogP contribution in [0.4, 0.5) is 0 Å². The van der Waals surface area contributed by atoms with Crippen molar-refractivity contribution >= 4 is 18.5 Å². The second-order valence-corrected chi connectivity index (χ2v) is 9.05. The van der Waals surface area contributed by atoms with Crippen LogP contribution in [-0.2, 0) is 14.2 Å². The molecule has 2 fully saturated rings. The number of hydrogen-bond donors (Lipinski definition) is 0. The Balaban J connectivity index is 1.59. The van der Waals surface area contributed by atoms with Gasteiger partial charge in [-0.2, -0.15) is 0 Å². The van der Waals surface area contributed by atoms with E-state index in [9.17, 15) is 0 Å². The van der Waals surface area contributed by atoms with E-state index in [1.807, 2.05) is 0 Å². The SMILES string of the molecule is c1ccc(P(c2ccccc2)[C@@H]2COC[C@H]2OC2CCCCO2)cc1. The Morgan fingerprint density at radius 1 is 0.840 bits per heavy atom. The number of ether oxygens (including phenoxy) is 3. The Labute approximate surface area is 151 Å². The molecule has 2 saturated heterocycles. The fraction of sp³-hybridized carbons (Fsp3) is 0.429. The monoisotopic (exact) mass is 356 g/mol. The lowest BCUT2D eigenvalue weighted by molar-refractivity contribution is -0.186. The van der Waals surface area contributed by atoms with Gasteiger partial charge in [0, 0.05) is 12.3 Å². The van der Waals surface area contributed by atoms with Crippen molar-refractivity contribution in [3.63, 3.8) is 0 Å². The van der Waals surface area contributed by atoms with Gasteiger partial charge < -0.3 is 14.2 Å². The van der Waals surface area contributed by atoms with E-state index in [1.165, 1.54) is 17.0 Å². The van der Waals surface area contributed by atoms with E-state index >= 15 is 0 Å². The molecule has 0 N–H and O–H groups in total. The van der Waals surface area contributed by atoms with E-state index in [0.717, 1.165) is 26.1 Å². The molecule has 4 heteroatoms. The number of benzene rings is 2. The van der Waals surface area contributed by atoms with Crippen LogP contribution < -0.4 is 10.6 Å². The molecule has 2 aliphatic heterocycles. The molecule has 2 heterocycles. The van der Waals surface area contributed by atoms with Gasteiger partial charge in [0.1, 0.15) is 0 Å². The van der Waals surface area contributed by atoms with Gasteiger partial charge in [-0.1, -0.05) is 60.7 Å². The Kier molecular flexibility index (Phi) is 5.79. The lowest BCUT2D eigenvalue weighted by Crippen LogP contribution is -2.37. The fourth-order valence-corrected chi connectivity index (χ4v) is 6.41. The van der Waals surface area contributed by atoms with Crippen LogP contribution in [0.2, 0.25) is 0 Å². The molecule has 0 aromatic heterocycles. The molecule has 2 aromatic rings. The molecule has 1 unspecified atom stereocenters. The Morgan fingerprint density at radius 2 is 1.52 bits per heavy atom. The first kappa shape index (κ1) is 17.2. The minimum Gasteiger partial charge on any atom is -0.378 e. The molecule has 2 aliphatic rings. The van der Waals surface area contributed by atoms with Gasteiger partial charge in [-0.05, 0) is 37.8 Å². The first-order valence-corrected chi connectivity index (χ1v) is 10.6. The average molecular weight is 356 g/mol. The zero-order valence-corrected chi connectivity index (χ0v) is 15.3. The highest BCUT2D eigenvalue weighted by Gasteiger charge is 2.38. The van der Waals surface area contributed by atoms with E-state index in [1.54, 1.807) is 0 Å². The normalized spacial score (nSPS) is 26.8. The Morgan fingerprint density at radius 3 is 2.12 bits per heavy atom. The molecule has 4 rings (SSSR count). The maximum Gasteiger partial charge on any atom is 0.158 e. The highest BCUT2D eigenvalue weighted by molar-refractivity contribution is 7.73. The molecule has 0 bridgehead atoms. The third-order valence-electron chi connectivity index (χ3n) is 4.86. The van der Waals surface area contributed by atoms with E-state index in [0.29, 0.717) is 12.3 Å². The molecule has 0 spiro atoms. The second kappa shape index (κ2) is 8.42. The Bertz CT molecular complexity index is 603. The molecule has 0 aliphatic carbocycles. The number of hydrogen-bond acceptors (Lipinski definition) is 3. The predicted octanol–water partition coefficient (Wildman–Crippen LogP) is 3.43. The summed E-state index contributed by atoms with van der Waals surface area (Å²) in [5.74, 6) is 0. The van der Waals surface area contributed by atoms with Gasteiger partial charge >= 0.3 is 0 Å². The summed E-state index contributed by atoms with van der Waals surface area (Å²) in [6.45, 7) is 2.24. The summed E-state index contributed by atoms with van der Waals surface area (Å²) in [6.07, 6.45) is 3.37. The van der Waals surface area contributed by atoms with Gasteiger partial charge in [0.2, 0.25) is 0 Å². The van der Waals surface area contributed by atoms with Crippen LogP contribution in [0.15, 0.2) is 60.7 Å². The fourth-order valence-electron chi connectivity index (χ4n) is 3.62. The zero-order chi connectivity index (χ0) is 16.9. The summed E-state index contributed by atoms with van der Waals surface area (Å²) >= 11 is 0. The van der Waals surface area contributed by atoms with Crippen molar-refractivity contribution in [1.82, 2.24) is 0 Å².